The van der Waals surface area contributed by atoms with Gasteiger partial charge in [0.25, 0.3) is 5.91 Å². The van der Waals surface area contributed by atoms with Gasteiger partial charge in [0.1, 0.15) is 29.5 Å². The topological polar surface area (TPSA) is 91.3 Å². The molecule has 0 spiro atoms. The van der Waals surface area contributed by atoms with E-state index in [0.29, 0.717) is 30.1 Å². The van der Waals surface area contributed by atoms with Crippen molar-refractivity contribution in [1.82, 2.24) is 20.1 Å². The number of H-pyrrole nitrogens is 1. The van der Waals surface area contributed by atoms with E-state index in [2.05, 4.69) is 21.8 Å². The fourth-order valence-corrected chi connectivity index (χ4v) is 4.74. The molecule has 2 aromatic carbocycles. The molecular weight excluding hydrogens is 440 g/mol. The first-order valence-corrected chi connectivity index (χ1v) is 11.4. The number of aromatic amines is 1. The van der Waals surface area contributed by atoms with Gasteiger partial charge in [-0.15, -0.1) is 0 Å². The Balaban J connectivity index is 1.64. The lowest BCUT2D eigenvalue weighted by Crippen LogP contribution is -2.29. The van der Waals surface area contributed by atoms with Crippen molar-refractivity contribution < 1.29 is 14.6 Å². The van der Waals surface area contributed by atoms with E-state index < -0.39 is 6.04 Å². The average Bonchev–Trinajstić information content (AvgIpc) is 3.37. The number of aromatic hydroxyl groups is 1. The van der Waals surface area contributed by atoms with E-state index in [0.717, 1.165) is 33.6 Å². The number of carbonyl (C=O) groups is 1. The Bertz CT molecular complexity index is 1370. The number of aromatic nitrogens is 3. The number of nitrogens with one attached hydrogen (secondary N) is 1. The number of aryl methyl sites for hydroxylation is 2. The molecule has 2 N–H and O–H groups in total. The van der Waals surface area contributed by atoms with Crippen molar-refractivity contribution >= 4 is 5.91 Å². The Hall–Kier alpha value is -4.39. The lowest BCUT2D eigenvalue weighted by Gasteiger charge is -2.27. The number of carbonyl (C=O) groups excluding carboxylic acids is 1. The van der Waals surface area contributed by atoms with Crippen LogP contribution in [0.25, 0.3) is 11.3 Å². The second kappa shape index (κ2) is 9.10. The summed E-state index contributed by atoms with van der Waals surface area (Å²) in [5, 5.41) is 18.3. The van der Waals surface area contributed by atoms with Crippen LogP contribution in [0.3, 0.4) is 0 Å². The molecule has 0 saturated carbocycles. The fraction of sp³-hybridized carbons (Fsp3) is 0.179. The van der Waals surface area contributed by atoms with Gasteiger partial charge in [0.2, 0.25) is 0 Å². The maximum atomic E-state index is 13.6. The summed E-state index contributed by atoms with van der Waals surface area (Å²) in [6.07, 6.45) is 5.17. The van der Waals surface area contributed by atoms with Crippen LogP contribution >= 0.6 is 0 Å². The number of benzene rings is 2. The first kappa shape index (κ1) is 22.4. The Morgan fingerprint density at radius 1 is 1.20 bits per heavy atom. The van der Waals surface area contributed by atoms with Crippen LogP contribution in [0, 0.1) is 13.8 Å². The molecule has 0 saturated heterocycles. The second-order valence-corrected chi connectivity index (χ2v) is 8.70. The minimum absolute atomic E-state index is 0.141. The minimum Gasteiger partial charge on any atom is -0.507 e. The summed E-state index contributed by atoms with van der Waals surface area (Å²) in [5.41, 5.74) is 6.07. The average molecular weight is 467 g/mol. The summed E-state index contributed by atoms with van der Waals surface area (Å²) in [5.74, 6) is 0.710. The number of nitrogens with zero attached hydrogens (tertiary/aromatic N) is 3. The van der Waals surface area contributed by atoms with Gasteiger partial charge in [-0.2, -0.15) is 5.10 Å². The Morgan fingerprint density at radius 3 is 2.69 bits per heavy atom. The zero-order valence-electron chi connectivity index (χ0n) is 19.7. The molecule has 1 aliphatic rings. The molecule has 7 heteroatoms. The molecule has 1 aliphatic heterocycles. The van der Waals surface area contributed by atoms with Gasteiger partial charge in [0, 0.05) is 30.1 Å². The summed E-state index contributed by atoms with van der Waals surface area (Å²) in [7, 11) is 0. The van der Waals surface area contributed by atoms with Crippen molar-refractivity contribution in [1.29, 1.82) is 0 Å². The molecule has 5 rings (SSSR count). The number of amides is 1. The summed E-state index contributed by atoms with van der Waals surface area (Å²) < 4.78 is 5.65. The molecule has 0 radical (unpaired) electrons. The SMILES string of the molecule is C=CCOc1ccc(C2c3c(-c4c(C)cc(C)cc4O)n[nH]c3C(=O)N2Cc2cccnc2)cc1. The lowest BCUT2D eigenvalue weighted by molar-refractivity contribution is 0.0730. The van der Waals surface area contributed by atoms with Gasteiger partial charge in [-0.25, -0.2) is 0 Å². The molecule has 0 aliphatic carbocycles. The highest BCUT2D eigenvalue weighted by Gasteiger charge is 2.42. The number of ether oxygens (including phenoxy) is 1. The quantitative estimate of drug-likeness (QED) is 0.370. The third-order valence-electron chi connectivity index (χ3n) is 6.20. The van der Waals surface area contributed by atoms with E-state index in [1.807, 2.05) is 61.2 Å². The Labute approximate surface area is 203 Å². The summed E-state index contributed by atoms with van der Waals surface area (Å²) in [6, 6.07) is 14.8. The molecule has 35 heavy (non-hydrogen) atoms. The molecule has 7 nitrogen and oxygen atoms in total. The minimum atomic E-state index is -0.403. The largest absolute Gasteiger partial charge is 0.507 e. The van der Waals surface area contributed by atoms with Crippen LogP contribution in [0.5, 0.6) is 11.5 Å². The van der Waals surface area contributed by atoms with Gasteiger partial charge in [-0.05, 0) is 60.4 Å². The normalized spacial score (nSPS) is 14.7. The van der Waals surface area contributed by atoms with Crippen molar-refractivity contribution in [2.45, 2.75) is 26.4 Å². The van der Waals surface area contributed by atoms with Crippen LogP contribution in [0.2, 0.25) is 0 Å². The predicted octanol–water partition coefficient (Wildman–Crippen LogP) is 5.10. The Morgan fingerprint density at radius 2 is 2.00 bits per heavy atom. The van der Waals surface area contributed by atoms with E-state index in [-0.39, 0.29) is 11.7 Å². The summed E-state index contributed by atoms with van der Waals surface area (Å²) in [6.45, 7) is 8.35. The number of fused-ring (bicyclic) bond motifs is 1. The predicted molar refractivity (Wildman–Crippen MR) is 133 cm³/mol. The molecule has 176 valence electrons. The molecule has 4 aromatic rings. The maximum absolute atomic E-state index is 13.6. The third-order valence-corrected chi connectivity index (χ3v) is 6.20. The van der Waals surface area contributed by atoms with Gasteiger partial charge in [0.05, 0.1) is 6.04 Å². The second-order valence-electron chi connectivity index (χ2n) is 8.70. The zero-order chi connectivity index (χ0) is 24.5. The van der Waals surface area contributed by atoms with Gasteiger partial charge in [-0.3, -0.25) is 14.9 Å². The molecular formula is C28H26N4O3. The van der Waals surface area contributed by atoms with Gasteiger partial charge >= 0.3 is 0 Å². The lowest BCUT2D eigenvalue weighted by atomic mass is 9.93. The number of hydrogen-bond donors (Lipinski definition) is 2. The van der Waals surface area contributed by atoms with Crippen LogP contribution in [0.15, 0.2) is 73.6 Å². The smallest absolute Gasteiger partial charge is 0.273 e. The third kappa shape index (κ3) is 4.05. The van der Waals surface area contributed by atoms with Crippen LogP contribution < -0.4 is 4.74 Å². The highest BCUT2D eigenvalue weighted by atomic mass is 16.5. The van der Waals surface area contributed by atoms with Crippen molar-refractivity contribution in [2.75, 3.05) is 6.61 Å². The molecule has 1 atom stereocenters. The van der Waals surface area contributed by atoms with Gasteiger partial charge in [0.15, 0.2) is 0 Å². The van der Waals surface area contributed by atoms with Crippen LogP contribution in [-0.2, 0) is 6.54 Å². The number of phenolic OH excluding ortho intramolecular Hbond substituents is 1. The van der Waals surface area contributed by atoms with E-state index in [1.54, 1.807) is 24.5 Å². The zero-order valence-corrected chi connectivity index (χ0v) is 19.7. The van der Waals surface area contributed by atoms with Crippen LogP contribution in [0.4, 0.5) is 0 Å². The molecule has 2 aromatic heterocycles. The van der Waals surface area contributed by atoms with Gasteiger partial charge < -0.3 is 14.7 Å². The van der Waals surface area contributed by atoms with Crippen molar-refractivity contribution in [3.05, 3.63) is 107 Å². The first-order chi connectivity index (χ1) is 17.0. The number of hydrogen-bond acceptors (Lipinski definition) is 5. The van der Waals surface area contributed by atoms with Gasteiger partial charge in [-0.1, -0.05) is 36.9 Å². The van der Waals surface area contributed by atoms with Crippen molar-refractivity contribution in [3.8, 4) is 22.8 Å². The van der Waals surface area contributed by atoms with E-state index in [1.165, 1.54) is 0 Å². The molecule has 0 bridgehead atoms. The highest BCUT2D eigenvalue weighted by Crippen LogP contribution is 2.46. The monoisotopic (exact) mass is 466 g/mol. The van der Waals surface area contributed by atoms with Crippen LogP contribution in [0.1, 0.15) is 44.3 Å². The van der Waals surface area contributed by atoms with Crippen molar-refractivity contribution in [2.24, 2.45) is 0 Å². The highest BCUT2D eigenvalue weighted by molar-refractivity contribution is 6.00. The van der Waals surface area contributed by atoms with E-state index in [4.69, 9.17) is 4.74 Å². The first-order valence-electron chi connectivity index (χ1n) is 11.4. The van der Waals surface area contributed by atoms with E-state index >= 15 is 0 Å². The van der Waals surface area contributed by atoms with E-state index in [9.17, 15) is 9.90 Å². The maximum Gasteiger partial charge on any atom is 0.273 e. The molecule has 0 fully saturated rings. The molecule has 1 unspecified atom stereocenters. The van der Waals surface area contributed by atoms with Crippen molar-refractivity contribution in [3.63, 3.8) is 0 Å². The Kier molecular flexibility index (Phi) is 5.82. The van der Waals surface area contributed by atoms with Crippen LogP contribution in [-0.4, -0.2) is 37.7 Å². The molecule has 3 heterocycles. The fourth-order valence-electron chi connectivity index (χ4n) is 4.74. The molecule has 1 amide bonds. The standard InChI is InChI=1S/C28H26N4O3/c1-4-12-35-21-9-7-20(8-10-21)27-24-25(23-18(3)13-17(2)14-22(23)33)30-31-26(24)28(34)32(27)16-19-6-5-11-29-15-19/h4-11,13-15,27,33H,1,12,16H2,2-3H3,(H,30,31). The number of phenols is 1. The number of rotatable bonds is 7. The number of pyridine rings is 1. The summed E-state index contributed by atoms with van der Waals surface area (Å²) >= 11 is 0. The summed E-state index contributed by atoms with van der Waals surface area (Å²) in [4.78, 5) is 19.6.